The molecule has 4 rings (SSSR count). The van der Waals surface area contributed by atoms with Crippen molar-refractivity contribution in [3.63, 3.8) is 0 Å². The number of carbonyl (C=O) groups excluding carboxylic acids is 1. The van der Waals surface area contributed by atoms with Crippen LogP contribution in [0.2, 0.25) is 0 Å². The van der Waals surface area contributed by atoms with Gasteiger partial charge in [-0.05, 0) is 50.0 Å². The van der Waals surface area contributed by atoms with Gasteiger partial charge in [0.1, 0.15) is 27.6 Å². The van der Waals surface area contributed by atoms with Crippen molar-refractivity contribution in [3.05, 3.63) is 62.0 Å². The number of carbonyl (C=O) groups is 2. The van der Waals surface area contributed by atoms with Gasteiger partial charge in [-0.25, -0.2) is 4.39 Å². The number of hydrogen-bond donors (Lipinski definition) is 1. The first kappa shape index (κ1) is 32.2. The SMILES string of the molecule is CCCCn1c(N2CCN(c3ccccc3F)CC2)c(C=C2SC(=S)N(CCCCCC(=O)O)C2=O)c(C)c(C#N)c1=O. The molecule has 9 nitrogen and oxygen atoms in total. The lowest BCUT2D eigenvalue weighted by molar-refractivity contribution is -0.137. The van der Waals surface area contributed by atoms with Crippen molar-refractivity contribution in [3.8, 4) is 6.07 Å². The van der Waals surface area contributed by atoms with Crippen molar-refractivity contribution in [2.45, 2.75) is 58.9 Å². The number of piperazine rings is 1. The van der Waals surface area contributed by atoms with Gasteiger partial charge in [0.2, 0.25) is 0 Å². The summed E-state index contributed by atoms with van der Waals surface area (Å²) in [4.78, 5) is 43.9. The highest BCUT2D eigenvalue weighted by Crippen LogP contribution is 2.36. The molecule has 0 spiro atoms. The fourth-order valence-corrected chi connectivity index (χ4v) is 6.71. The van der Waals surface area contributed by atoms with E-state index >= 15 is 0 Å². The number of benzene rings is 1. The number of rotatable bonds is 12. The fourth-order valence-electron chi connectivity index (χ4n) is 5.42. The third-order valence-corrected chi connectivity index (χ3v) is 9.15. The molecular formula is C31H36FN5O4S2. The van der Waals surface area contributed by atoms with E-state index in [-0.39, 0.29) is 29.3 Å². The number of halogens is 1. The summed E-state index contributed by atoms with van der Waals surface area (Å²) in [5, 5.41) is 18.8. The summed E-state index contributed by atoms with van der Waals surface area (Å²) in [7, 11) is 0. The number of thiocarbonyl (C=S) groups is 1. The molecule has 0 unspecified atom stereocenters. The molecule has 2 fully saturated rings. The summed E-state index contributed by atoms with van der Waals surface area (Å²) in [6.45, 7) is 6.68. The zero-order valence-electron chi connectivity index (χ0n) is 24.5. The zero-order valence-corrected chi connectivity index (χ0v) is 26.1. The second kappa shape index (κ2) is 14.7. The smallest absolute Gasteiger partial charge is 0.303 e. The normalized spacial score (nSPS) is 16.3. The quantitative estimate of drug-likeness (QED) is 0.195. The number of thioether (sulfide) groups is 1. The van der Waals surface area contributed by atoms with Crippen LogP contribution in [0, 0.1) is 24.1 Å². The molecule has 3 heterocycles. The second-order valence-corrected chi connectivity index (χ2v) is 12.3. The van der Waals surface area contributed by atoms with E-state index in [4.69, 9.17) is 17.3 Å². The first-order valence-electron chi connectivity index (χ1n) is 14.6. The Labute approximate surface area is 260 Å². The molecule has 1 aromatic heterocycles. The molecule has 43 heavy (non-hydrogen) atoms. The number of unbranched alkanes of at least 4 members (excludes halogenated alkanes) is 3. The maximum atomic E-state index is 14.5. The van der Waals surface area contributed by atoms with Crippen LogP contribution >= 0.6 is 24.0 Å². The van der Waals surface area contributed by atoms with E-state index in [0.29, 0.717) is 90.4 Å². The van der Waals surface area contributed by atoms with Gasteiger partial charge in [-0.3, -0.25) is 23.9 Å². The molecule has 2 aliphatic rings. The number of nitriles is 1. The topological polar surface area (TPSA) is 110 Å². The standard InChI is InChI=1S/C31H36FN5O4S2/c1-3-4-13-36-28(35-17-15-34(16-18-35)25-11-8-7-10-24(25)32)22(21(2)23(20-33)29(36)40)19-26-30(41)37(31(42)43-26)14-9-5-6-12-27(38)39/h7-8,10-11,19H,3-6,9,12-18H2,1-2H3,(H,38,39). The van der Waals surface area contributed by atoms with E-state index < -0.39 is 5.97 Å². The summed E-state index contributed by atoms with van der Waals surface area (Å²) in [5.74, 6) is -0.713. The zero-order chi connectivity index (χ0) is 31.1. The summed E-state index contributed by atoms with van der Waals surface area (Å²) < 4.78 is 16.6. The van der Waals surface area contributed by atoms with Crippen molar-refractivity contribution >= 4 is 57.8 Å². The number of pyridine rings is 1. The van der Waals surface area contributed by atoms with Crippen molar-refractivity contribution in [1.29, 1.82) is 5.26 Å². The number of nitrogens with zero attached hydrogens (tertiary/aromatic N) is 5. The molecule has 2 aromatic rings. The van der Waals surface area contributed by atoms with Gasteiger partial charge in [-0.2, -0.15) is 5.26 Å². The van der Waals surface area contributed by atoms with Crippen LogP contribution in [0.4, 0.5) is 15.9 Å². The average Bonchev–Trinajstić information content (AvgIpc) is 3.25. The average molecular weight is 626 g/mol. The number of anilines is 2. The number of amides is 1. The molecule has 0 atom stereocenters. The van der Waals surface area contributed by atoms with E-state index in [2.05, 4.69) is 11.0 Å². The predicted octanol–water partition coefficient (Wildman–Crippen LogP) is 5.14. The van der Waals surface area contributed by atoms with Crippen LogP contribution in [0.25, 0.3) is 6.08 Å². The minimum atomic E-state index is -0.842. The van der Waals surface area contributed by atoms with Crippen molar-refractivity contribution in [1.82, 2.24) is 9.47 Å². The van der Waals surface area contributed by atoms with Crippen molar-refractivity contribution in [2.75, 3.05) is 42.5 Å². The number of para-hydroxylation sites is 1. The fraction of sp³-hybridized carbons (Fsp3) is 0.452. The van der Waals surface area contributed by atoms with E-state index in [1.807, 2.05) is 17.9 Å². The van der Waals surface area contributed by atoms with Gasteiger partial charge in [0.05, 0.1) is 10.6 Å². The largest absolute Gasteiger partial charge is 0.481 e. The Hall–Kier alpha value is -3.69. The van der Waals surface area contributed by atoms with E-state index in [9.17, 15) is 24.0 Å². The first-order valence-corrected chi connectivity index (χ1v) is 15.8. The Balaban J connectivity index is 1.68. The molecule has 12 heteroatoms. The van der Waals surface area contributed by atoms with Gasteiger partial charge in [0.25, 0.3) is 11.5 Å². The summed E-state index contributed by atoms with van der Waals surface area (Å²) in [6, 6.07) is 8.76. The van der Waals surface area contributed by atoms with Crippen LogP contribution in [0.1, 0.15) is 62.1 Å². The van der Waals surface area contributed by atoms with E-state index in [0.717, 1.165) is 12.8 Å². The van der Waals surface area contributed by atoms with Gasteiger partial charge in [0, 0.05) is 51.3 Å². The summed E-state index contributed by atoms with van der Waals surface area (Å²) in [6.07, 6.45) is 5.25. The summed E-state index contributed by atoms with van der Waals surface area (Å²) in [5.41, 5.74) is 1.36. The first-order chi connectivity index (χ1) is 20.7. The lowest BCUT2D eigenvalue weighted by Crippen LogP contribution is -2.49. The molecule has 1 N–H and O–H groups in total. The monoisotopic (exact) mass is 625 g/mol. The molecule has 228 valence electrons. The van der Waals surface area contributed by atoms with Crippen LogP contribution < -0.4 is 15.4 Å². The van der Waals surface area contributed by atoms with E-state index in [1.54, 1.807) is 29.7 Å². The molecule has 2 saturated heterocycles. The molecule has 0 saturated carbocycles. The minimum Gasteiger partial charge on any atom is -0.481 e. The molecular weight excluding hydrogens is 590 g/mol. The van der Waals surface area contributed by atoms with Crippen LogP contribution in [-0.2, 0) is 16.1 Å². The highest BCUT2D eigenvalue weighted by atomic mass is 32.2. The number of carboxylic acid groups (broad SMARTS) is 1. The van der Waals surface area contributed by atoms with Gasteiger partial charge in [0.15, 0.2) is 0 Å². The molecule has 1 amide bonds. The molecule has 0 aliphatic carbocycles. The Morgan fingerprint density at radius 2 is 1.79 bits per heavy atom. The highest BCUT2D eigenvalue weighted by molar-refractivity contribution is 8.26. The van der Waals surface area contributed by atoms with Gasteiger partial charge in [-0.1, -0.05) is 55.9 Å². The summed E-state index contributed by atoms with van der Waals surface area (Å²) >= 11 is 6.71. The maximum Gasteiger partial charge on any atom is 0.303 e. The molecule has 0 bridgehead atoms. The van der Waals surface area contributed by atoms with Gasteiger partial charge < -0.3 is 14.9 Å². The van der Waals surface area contributed by atoms with Crippen LogP contribution in [-0.4, -0.2) is 63.5 Å². The minimum absolute atomic E-state index is 0.0463. The van der Waals surface area contributed by atoms with Crippen LogP contribution in [0.3, 0.4) is 0 Å². The maximum absolute atomic E-state index is 14.5. The number of carboxylic acids is 1. The molecule has 2 aliphatic heterocycles. The van der Waals surface area contributed by atoms with Crippen LogP contribution in [0.15, 0.2) is 34.0 Å². The third kappa shape index (κ3) is 7.28. The number of aliphatic carboxylic acids is 1. The van der Waals surface area contributed by atoms with Crippen molar-refractivity contribution in [2.24, 2.45) is 0 Å². The van der Waals surface area contributed by atoms with Crippen LogP contribution in [0.5, 0.6) is 0 Å². The Morgan fingerprint density at radius 1 is 1.09 bits per heavy atom. The Bertz CT molecular complexity index is 1530. The second-order valence-electron chi connectivity index (χ2n) is 10.6. The van der Waals surface area contributed by atoms with Gasteiger partial charge in [-0.15, -0.1) is 0 Å². The Morgan fingerprint density at radius 3 is 2.44 bits per heavy atom. The third-order valence-electron chi connectivity index (χ3n) is 7.78. The Kier molecular flexibility index (Phi) is 11.0. The van der Waals surface area contributed by atoms with E-state index in [1.165, 1.54) is 22.7 Å². The highest BCUT2D eigenvalue weighted by Gasteiger charge is 2.33. The molecule has 1 aromatic carbocycles. The number of aromatic nitrogens is 1. The predicted molar refractivity (Wildman–Crippen MR) is 172 cm³/mol. The molecule has 0 radical (unpaired) electrons. The lowest BCUT2D eigenvalue weighted by atomic mass is 10.0. The number of hydrogen-bond acceptors (Lipinski definition) is 8. The lowest BCUT2D eigenvalue weighted by Gasteiger charge is -2.39. The van der Waals surface area contributed by atoms with Crippen molar-refractivity contribution < 1.29 is 19.1 Å². The van der Waals surface area contributed by atoms with Gasteiger partial charge >= 0.3 is 5.97 Å².